The van der Waals surface area contributed by atoms with Gasteiger partial charge in [-0.2, -0.15) is 0 Å². The summed E-state index contributed by atoms with van der Waals surface area (Å²) in [6, 6.07) is -0.706. The third kappa shape index (κ3) is 1.42. The lowest BCUT2D eigenvalue weighted by Crippen LogP contribution is -2.64. The van der Waals surface area contributed by atoms with E-state index in [0.717, 1.165) is 12.8 Å². The molecule has 2 rings (SSSR count). The van der Waals surface area contributed by atoms with Gasteiger partial charge < -0.3 is 0 Å². The minimum absolute atomic E-state index is 0.00870. The molecule has 1 unspecified atom stereocenters. The maximum absolute atomic E-state index is 11.9. The maximum Gasteiger partial charge on any atom is 0.328 e. The van der Waals surface area contributed by atoms with Crippen molar-refractivity contribution in [3.05, 3.63) is 0 Å². The molecule has 2 fully saturated rings. The van der Waals surface area contributed by atoms with Gasteiger partial charge in [-0.05, 0) is 31.1 Å². The summed E-state index contributed by atoms with van der Waals surface area (Å²) in [7, 11) is 0. The minimum atomic E-state index is -1.06. The lowest BCUT2D eigenvalue weighted by atomic mass is 9.69. The van der Waals surface area contributed by atoms with Gasteiger partial charge in [0, 0.05) is 0 Å². The van der Waals surface area contributed by atoms with Gasteiger partial charge in [0.25, 0.3) is 0 Å². The van der Waals surface area contributed by atoms with E-state index in [1.165, 1.54) is 0 Å². The summed E-state index contributed by atoms with van der Waals surface area (Å²) in [4.78, 5) is 34.9. The highest BCUT2D eigenvalue weighted by molar-refractivity contribution is 6.19. The van der Waals surface area contributed by atoms with Crippen LogP contribution in [0.15, 0.2) is 0 Å². The fraction of sp³-hybridized carbons (Fsp3) is 0.727. The lowest BCUT2D eigenvalue weighted by Gasteiger charge is -2.38. The van der Waals surface area contributed by atoms with Gasteiger partial charge in [-0.1, -0.05) is 13.8 Å². The van der Waals surface area contributed by atoms with Gasteiger partial charge in [0.15, 0.2) is 0 Å². The first kappa shape index (κ1) is 11.1. The van der Waals surface area contributed by atoms with Gasteiger partial charge in [0.05, 0.1) is 0 Å². The number of barbiturate groups is 1. The Hall–Kier alpha value is -1.39. The first-order valence-electron chi connectivity index (χ1n) is 5.69. The fourth-order valence-electron chi connectivity index (χ4n) is 2.62. The molecule has 0 spiro atoms. The number of carbonyl (C=O) groups excluding carboxylic acids is 3. The number of carbonyl (C=O) groups is 3. The molecule has 1 atom stereocenters. The molecule has 5 heteroatoms. The largest absolute Gasteiger partial charge is 0.328 e. The smallest absolute Gasteiger partial charge is 0.277 e. The van der Waals surface area contributed by atoms with Crippen molar-refractivity contribution >= 4 is 17.8 Å². The van der Waals surface area contributed by atoms with Gasteiger partial charge in [0.1, 0.15) is 5.41 Å². The number of hydrogen-bond donors (Lipinski definition) is 2. The molecule has 0 aromatic rings. The molecular formula is C11H16N2O3. The topological polar surface area (TPSA) is 75.3 Å². The predicted molar refractivity (Wildman–Crippen MR) is 56.3 cm³/mol. The van der Waals surface area contributed by atoms with Crippen molar-refractivity contribution in [2.75, 3.05) is 0 Å². The first-order valence-corrected chi connectivity index (χ1v) is 5.69. The lowest BCUT2D eigenvalue weighted by molar-refractivity contribution is -0.149. The third-order valence-corrected chi connectivity index (χ3v) is 3.93. The molecule has 5 nitrogen and oxygen atoms in total. The molecule has 1 heterocycles. The van der Waals surface area contributed by atoms with Crippen LogP contribution in [0.4, 0.5) is 4.79 Å². The number of amides is 4. The number of rotatable bonds is 3. The summed E-state index contributed by atoms with van der Waals surface area (Å²) in [5.41, 5.74) is -1.06. The van der Waals surface area contributed by atoms with Crippen molar-refractivity contribution in [2.45, 2.75) is 33.1 Å². The molecule has 1 saturated carbocycles. The van der Waals surface area contributed by atoms with Gasteiger partial charge in [-0.3, -0.25) is 20.2 Å². The van der Waals surface area contributed by atoms with Crippen molar-refractivity contribution < 1.29 is 14.4 Å². The van der Waals surface area contributed by atoms with E-state index in [9.17, 15) is 14.4 Å². The van der Waals surface area contributed by atoms with Crippen LogP contribution in [-0.4, -0.2) is 17.8 Å². The van der Waals surface area contributed by atoms with Crippen LogP contribution in [0.5, 0.6) is 0 Å². The van der Waals surface area contributed by atoms with E-state index in [0.29, 0.717) is 12.3 Å². The summed E-state index contributed by atoms with van der Waals surface area (Å²) < 4.78 is 0. The molecule has 0 radical (unpaired) electrons. The molecular weight excluding hydrogens is 208 g/mol. The highest BCUT2D eigenvalue weighted by Gasteiger charge is 2.56. The maximum atomic E-state index is 11.9. The quantitative estimate of drug-likeness (QED) is 0.696. The van der Waals surface area contributed by atoms with E-state index < -0.39 is 23.3 Å². The first-order chi connectivity index (χ1) is 7.52. The van der Waals surface area contributed by atoms with Gasteiger partial charge in [-0.25, -0.2) is 4.79 Å². The Balaban J connectivity index is 2.33. The fourth-order valence-corrected chi connectivity index (χ4v) is 2.62. The standard InChI is InChI=1S/C11H16N2O3/c1-3-11(6(2)7-4-5-7)8(14)12-10(16)13-9(11)15/h6-7H,3-5H2,1-2H3,(H2,12,13,14,15,16). The van der Waals surface area contributed by atoms with Crippen LogP contribution in [0.3, 0.4) is 0 Å². The number of imide groups is 2. The summed E-state index contributed by atoms with van der Waals surface area (Å²) in [6.07, 6.45) is 2.56. The zero-order valence-electron chi connectivity index (χ0n) is 9.50. The Labute approximate surface area is 94.0 Å². The summed E-state index contributed by atoms with van der Waals surface area (Å²) in [5, 5.41) is 4.41. The van der Waals surface area contributed by atoms with Crippen molar-refractivity contribution in [2.24, 2.45) is 17.3 Å². The predicted octanol–water partition coefficient (Wildman–Crippen LogP) is 0.795. The Kier molecular flexibility index (Phi) is 2.48. The van der Waals surface area contributed by atoms with Gasteiger partial charge in [0.2, 0.25) is 11.8 Å². The molecule has 0 aromatic heterocycles. The summed E-state index contributed by atoms with van der Waals surface area (Å²) in [5.74, 6) is -0.457. The third-order valence-electron chi connectivity index (χ3n) is 3.93. The number of nitrogens with one attached hydrogen (secondary N) is 2. The van der Waals surface area contributed by atoms with E-state index in [2.05, 4.69) is 10.6 Å². The van der Waals surface area contributed by atoms with Crippen LogP contribution in [0, 0.1) is 17.3 Å². The van der Waals surface area contributed by atoms with Crippen molar-refractivity contribution in [1.29, 1.82) is 0 Å². The second-order valence-electron chi connectivity index (χ2n) is 4.69. The van der Waals surface area contributed by atoms with Gasteiger partial charge in [-0.15, -0.1) is 0 Å². The summed E-state index contributed by atoms with van der Waals surface area (Å²) >= 11 is 0. The SMILES string of the molecule is CCC1(C(C)C2CC2)C(=O)NC(=O)NC1=O. The van der Waals surface area contributed by atoms with E-state index in [4.69, 9.17) is 0 Å². The zero-order chi connectivity index (χ0) is 11.9. The molecule has 2 N–H and O–H groups in total. The monoisotopic (exact) mass is 224 g/mol. The van der Waals surface area contributed by atoms with Crippen LogP contribution in [-0.2, 0) is 9.59 Å². The molecule has 1 aliphatic heterocycles. The molecule has 0 bridgehead atoms. The normalized spacial score (nSPS) is 26.0. The highest BCUT2D eigenvalue weighted by atomic mass is 16.2. The Bertz CT molecular complexity index is 340. The van der Waals surface area contributed by atoms with Crippen LogP contribution in [0.2, 0.25) is 0 Å². The Morgan fingerprint density at radius 3 is 2.12 bits per heavy atom. The molecule has 16 heavy (non-hydrogen) atoms. The minimum Gasteiger partial charge on any atom is -0.277 e. The second kappa shape index (κ2) is 3.57. The van der Waals surface area contributed by atoms with Crippen molar-refractivity contribution in [3.63, 3.8) is 0 Å². The second-order valence-corrected chi connectivity index (χ2v) is 4.69. The highest BCUT2D eigenvalue weighted by Crippen LogP contribution is 2.48. The van der Waals surface area contributed by atoms with E-state index in [1.807, 2.05) is 13.8 Å². The van der Waals surface area contributed by atoms with Crippen LogP contribution in [0.25, 0.3) is 0 Å². The van der Waals surface area contributed by atoms with E-state index >= 15 is 0 Å². The Morgan fingerprint density at radius 2 is 1.75 bits per heavy atom. The summed E-state index contributed by atoms with van der Waals surface area (Å²) in [6.45, 7) is 3.74. The van der Waals surface area contributed by atoms with E-state index in [1.54, 1.807) is 0 Å². The Morgan fingerprint density at radius 1 is 1.25 bits per heavy atom. The van der Waals surface area contributed by atoms with Crippen LogP contribution < -0.4 is 10.6 Å². The van der Waals surface area contributed by atoms with Gasteiger partial charge >= 0.3 is 6.03 Å². The van der Waals surface area contributed by atoms with E-state index in [-0.39, 0.29) is 5.92 Å². The molecule has 2 aliphatic rings. The zero-order valence-corrected chi connectivity index (χ0v) is 9.50. The number of hydrogen-bond acceptors (Lipinski definition) is 3. The van der Waals surface area contributed by atoms with Crippen molar-refractivity contribution in [1.82, 2.24) is 10.6 Å². The molecule has 1 saturated heterocycles. The molecule has 88 valence electrons. The van der Waals surface area contributed by atoms with Crippen molar-refractivity contribution in [3.8, 4) is 0 Å². The average Bonchev–Trinajstić information content (AvgIpc) is 3.00. The van der Waals surface area contributed by atoms with Crippen LogP contribution >= 0.6 is 0 Å². The van der Waals surface area contributed by atoms with Crippen LogP contribution in [0.1, 0.15) is 33.1 Å². The number of urea groups is 1. The molecule has 0 aromatic carbocycles. The molecule has 4 amide bonds. The molecule has 1 aliphatic carbocycles. The average molecular weight is 224 g/mol.